The van der Waals surface area contributed by atoms with Gasteiger partial charge >= 0.3 is 0 Å². The summed E-state index contributed by atoms with van der Waals surface area (Å²) < 4.78 is 5.12. The molecule has 2 heteroatoms. The van der Waals surface area contributed by atoms with Gasteiger partial charge < -0.3 is 4.74 Å². The van der Waals surface area contributed by atoms with E-state index in [-0.39, 0.29) is 5.41 Å². The number of Topliss-reactive ketones (excluding diaryl/α,β-unsaturated/α-hetero) is 1. The van der Waals surface area contributed by atoms with Gasteiger partial charge in [0.1, 0.15) is 5.78 Å². The topological polar surface area (TPSA) is 26.3 Å². The van der Waals surface area contributed by atoms with Crippen molar-refractivity contribution in [3.8, 4) is 0 Å². The van der Waals surface area contributed by atoms with Crippen LogP contribution in [0.25, 0.3) is 0 Å². The SMILES string of the molecule is COCCC1CCCC1C(=O)CC(C)(C)C. The molecule has 16 heavy (non-hydrogen) atoms. The first kappa shape index (κ1) is 13.7. The van der Waals surface area contributed by atoms with Crippen molar-refractivity contribution >= 4 is 5.78 Å². The zero-order chi connectivity index (χ0) is 12.2. The van der Waals surface area contributed by atoms with E-state index in [1.54, 1.807) is 7.11 Å². The third kappa shape index (κ3) is 4.25. The number of methoxy groups -OCH3 is 1. The largest absolute Gasteiger partial charge is 0.385 e. The van der Waals surface area contributed by atoms with E-state index in [2.05, 4.69) is 20.8 Å². The van der Waals surface area contributed by atoms with Gasteiger partial charge in [0.15, 0.2) is 0 Å². The van der Waals surface area contributed by atoms with E-state index in [1.807, 2.05) is 0 Å². The van der Waals surface area contributed by atoms with E-state index >= 15 is 0 Å². The Hall–Kier alpha value is -0.370. The fraction of sp³-hybridized carbons (Fsp3) is 0.929. The first-order chi connectivity index (χ1) is 7.44. The van der Waals surface area contributed by atoms with E-state index in [1.165, 1.54) is 12.8 Å². The van der Waals surface area contributed by atoms with Gasteiger partial charge in [0.25, 0.3) is 0 Å². The number of rotatable bonds is 5. The molecule has 0 aliphatic heterocycles. The summed E-state index contributed by atoms with van der Waals surface area (Å²) in [7, 11) is 1.74. The molecule has 0 saturated heterocycles. The second-order valence-corrected chi connectivity index (χ2v) is 6.28. The third-order valence-corrected chi connectivity index (χ3v) is 3.47. The van der Waals surface area contributed by atoms with Crippen LogP contribution in [0, 0.1) is 17.3 Å². The highest BCUT2D eigenvalue weighted by atomic mass is 16.5. The number of carbonyl (C=O) groups is 1. The van der Waals surface area contributed by atoms with E-state index in [0.717, 1.165) is 25.9 Å². The third-order valence-electron chi connectivity index (χ3n) is 3.47. The second-order valence-electron chi connectivity index (χ2n) is 6.28. The van der Waals surface area contributed by atoms with E-state index in [9.17, 15) is 4.79 Å². The Balaban J connectivity index is 2.47. The number of hydrogen-bond donors (Lipinski definition) is 0. The van der Waals surface area contributed by atoms with Gasteiger partial charge in [-0.3, -0.25) is 4.79 Å². The van der Waals surface area contributed by atoms with Gasteiger partial charge in [-0.2, -0.15) is 0 Å². The van der Waals surface area contributed by atoms with Crippen molar-refractivity contribution in [1.82, 2.24) is 0 Å². The number of carbonyl (C=O) groups excluding carboxylic acids is 1. The van der Waals surface area contributed by atoms with E-state index in [0.29, 0.717) is 17.6 Å². The molecule has 0 bridgehead atoms. The lowest BCUT2D eigenvalue weighted by molar-refractivity contribution is -0.125. The maximum absolute atomic E-state index is 12.2. The maximum Gasteiger partial charge on any atom is 0.136 e. The number of ether oxygens (including phenoxy) is 1. The normalized spacial score (nSPS) is 26.0. The van der Waals surface area contributed by atoms with E-state index in [4.69, 9.17) is 4.74 Å². The van der Waals surface area contributed by atoms with Crippen LogP contribution >= 0.6 is 0 Å². The quantitative estimate of drug-likeness (QED) is 0.717. The van der Waals surface area contributed by atoms with Crippen molar-refractivity contribution in [3.05, 3.63) is 0 Å². The highest BCUT2D eigenvalue weighted by molar-refractivity contribution is 5.82. The van der Waals surface area contributed by atoms with Crippen LogP contribution in [0.5, 0.6) is 0 Å². The molecule has 1 aliphatic carbocycles. The molecule has 2 unspecified atom stereocenters. The van der Waals surface area contributed by atoms with Gasteiger partial charge in [0.2, 0.25) is 0 Å². The van der Waals surface area contributed by atoms with Crippen LogP contribution in [0.2, 0.25) is 0 Å². The predicted octanol–water partition coefficient (Wildman–Crippen LogP) is 3.44. The molecule has 0 spiro atoms. The lowest BCUT2D eigenvalue weighted by Crippen LogP contribution is -2.24. The summed E-state index contributed by atoms with van der Waals surface area (Å²) in [4.78, 5) is 12.2. The molecule has 0 N–H and O–H groups in total. The molecular weight excluding hydrogens is 200 g/mol. The van der Waals surface area contributed by atoms with Crippen molar-refractivity contribution in [1.29, 1.82) is 0 Å². The molecule has 0 heterocycles. The fourth-order valence-electron chi connectivity index (χ4n) is 2.73. The molecular formula is C14H26O2. The minimum absolute atomic E-state index is 0.130. The summed E-state index contributed by atoms with van der Waals surface area (Å²) in [5.41, 5.74) is 0.130. The molecule has 0 aromatic carbocycles. The molecule has 0 aromatic rings. The second kappa shape index (κ2) is 5.81. The summed E-state index contributed by atoms with van der Waals surface area (Å²) in [6, 6.07) is 0. The minimum atomic E-state index is 0.130. The summed E-state index contributed by atoms with van der Waals surface area (Å²) in [6.07, 6.45) is 5.31. The first-order valence-electron chi connectivity index (χ1n) is 6.45. The average molecular weight is 226 g/mol. The summed E-state index contributed by atoms with van der Waals surface area (Å²) in [6.45, 7) is 7.22. The van der Waals surface area contributed by atoms with Crippen molar-refractivity contribution in [2.45, 2.75) is 52.9 Å². The lowest BCUT2D eigenvalue weighted by atomic mass is 9.81. The first-order valence-corrected chi connectivity index (χ1v) is 6.45. The highest BCUT2D eigenvalue weighted by Gasteiger charge is 2.33. The van der Waals surface area contributed by atoms with Crippen LogP contribution < -0.4 is 0 Å². The molecule has 0 radical (unpaired) electrons. The van der Waals surface area contributed by atoms with Crippen LogP contribution in [0.1, 0.15) is 52.9 Å². The smallest absolute Gasteiger partial charge is 0.136 e. The Morgan fingerprint density at radius 3 is 2.56 bits per heavy atom. The Morgan fingerprint density at radius 2 is 2.00 bits per heavy atom. The molecule has 1 saturated carbocycles. The lowest BCUT2D eigenvalue weighted by Gasteiger charge is -2.23. The van der Waals surface area contributed by atoms with Crippen molar-refractivity contribution in [2.75, 3.05) is 13.7 Å². The Kier molecular flexibility index (Phi) is 4.97. The molecule has 2 nitrogen and oxygen atoms in total. The van der Waals surface area contributed by atoms with Gasteiger partial charge in [-0.05, 0) is 30.6 Å². The van der Waals surface area contributed by atoms with Crippen molar-refractivity contribution in [3.63, 3.8) is 0 Å². The van der Waals surface area contributed by atoms with Gasteiger partial charge in [-0.1, -0.05) is 27.2 Å². The predicted molar refractivity (Wildman–Crippen MR) is 66.4 cm³/mol. The molecule has 0 amide bonds. The number of hydrogen-bond acceptors (Lipinski definition) is 2. The van der Waals surface area contributed by atoms with E-state index < -0.39 is 0 Å². The summed E-state index contributed by atoms with van der Waals surface area (Å²) >= 11 is 0. The van der Waals surface area contributed by atoms with Gasteiger partial charge in [0, 0.05) is 26.1 Å². The average Bonchev–Trinajstić information content (AvgIpc) is 2.59. The van der Waals surface area contributed by atoms with Gasteiger partial charge in [0.05, 0.1) is 0 Å². The standard InChI is InChI=1S/C14H26O2/c1-14(2,3)10-13(15)12-7-5-6-11(12)8-9-16-4/h11-12H,5-10H2,1-4H3. The van der Waals surface area contributed by atoms with Crippen molar-refractivity contribution < 1.29 is 9.53 Å². The van der Waals surface area contributed by atoms with Crippen LogP contribution in [0.3, 0.4) is 0 Å². The summed E-state index contributed by atoms with van der Waals surface area (Å²) in [5, 5.41) is 0. The Morgan fingerprint density at radius 1 is 1.31 bits per heavy atom. The van der Waals surface area contributed by atoms with Gasteiger partial charge in [-0.25, -0.2) is 0 Å². The zero-order valence-electron chi connectivity index (χ0n) is 11.2. The Bertz CT molecular complexity index is 227. The number of ketones is 1. The van der Waals surface area contributed by atoms with Crippen LogP contribution in [0.15, 0.2) is 0 Å². The maximum atomic E-state index is 12.2. The summed E-state index contributed by atoms with van der Waals surface area (Å²) in [5.74, 6) is 1.37. The zero-order valence-corrected chi connectivity index (χ0v) is 11.2. The molecule has 1 fully saturated rings. The van der Waals surface area contributed by atoms with Crippen LogP contribution in [-0.4, -0.2) is 19.5 Å². The fourth-order valence-corrected chi connectivity index (χ4v) is 2.73. The monoisotopic (exact) mass is 226 g/mol. The van der Waals surface area contributed by atoms with Crippen LogP contribution in [0.4, 0.5) is 0 Å². The molecule has 0 aromatic heterocycles. The highest BCUT2D eigenvalue weighted by Crippen LogP contribution is 2.37. The minimum Gasteiger partial charge on any atom is -0.385 e. The van der Waals surface area contributed by atoms with Crippen molar-refractivity contribution in [2.24, 2.45) is 17.3 Å². The van der Waals surface area contributed by atoms with Gasteiger partial charge in [-0.15, -0.1) is 0 Å². The molecule has 94 valence electrons. The van der Waals surface area contributed by atoms with Crippen LogP contribution in [-0.2, 0) is 9.53 Å². The Labute approximate surface area is 99.8 Å². The molecule has 1 rings (SSSR count). The molecule has 1 aliphatic rings. The molecule has 2 atom stereocenters.